The minimum atomic E-state index is -0.102. The van der Waals surface area contributed by atoms with E-state index in [1.807, 2.05) is 36.1 Å². The third kappa shape index (κ3) is 3.06. The zero-order chi connectivity index (χ0) is 14.8. The van der Waals surface area contributed by atoms with E-state index in [0.29, 0.717) is 11.6 Å². The van der Waals surface area contributed by atoms with Crippen LogP contribution in [0.25, 0.3) is 0 Å². The second kappa shape index (κ2) is 6.08. The minimum Gasteiger partial charge on any atom is -0.331 e. The predicted molar refractivity (Wildman–Crippen MR) is 86.8 cm³/mol. The Bertz CT molecular complexity index is 655. The molecule has 0 unspecified atom stereocenters. The molecular weight excluding hydrogens is 304 g/mol. The van der Waals surface area contributed by atoms with Crippen molar-refractivity contribution in [2.45, 2.75) is 25.9 Å². The summed E-state index contributed by atoms with van der Waals surface area (Å²) in [6.45, 7) is 3.42. The molecule has 21 heavy (non-hydrogen) atoms. The fraction of sp³-hybridized carbons (Fsp3) is 0.312. The molecule has 1 aromatic carbocycles. The zero-order valence-electron chi connectivity index (χ0n) is 11.8. The van der Waals surface area contributed by atoms with Gasteiger partial charge in [-0.05, 0) is 42.0 Å². The number of carbonyl (C=O) groups excluding carboxylic acids is 1. The molecular formula is C16H17ClN2OS. The van der Waals surface area contributed by atoms with Gasteiger partial charge in [0.2, 0.25) is 0 Å². The van der Waals surface area contributed by atoms with E-state index < -0.39 is 0 Å². The highest BCUT2D eigenvalue weighted by molar-refractivity contribution is 7.10. The molecule has 110 valence electrons. The summed E-state index contributed by atoms with van der Waals surface area (Å²) in [5, 5.41) is 5.82. The molecule has 3 rings (SSSR count). The van der Waals surface area contributed by atoms with Crippen LogP contribution in [0.1, 0.15) is 29.0 Å². The molecule has 1 N–H and O–H groups in total. The first kappa shape index (κ1) is 14.4. The molecule has 0 aliphatic carbocycles. The van der Waals surface area contributed by atoms with Crippen molar-refractivity contribution in [1.29, 1.82) is 0 Å². The third-order valence-electron chi connectivity index (χ3n) is 3.81. The number of nitrogens with zero attached hydrogens (tertiary/aromatic N) is 1. The van der Waals surface area contributed by atoms with Crippen molar-refractivity contribution >= 4 is 29.0 Å². The maximum atomic E-state index is 12.4. The van der Waals surface area contributed by atoms with Crippen molar-refractivity contribution in [3.63, 3.8) is 0 Å². The van der Waals surface area contributed by atoms with Gasteiger partial charge in [0.1, 0.15) is 0 Å². The number of hydrogen-bond acceptors (Lipinski definition) is 2. The highest BCUT2D eigenvalue weighted by atomic mass is 35.5. The first-order valence-electron chi connectivity index (χ1n) is 7.00. The molecule has 5 heteroatoms. The Labute approximate surface area is 133 Å². The van der Waals surface area contributed by atoms with E-state index in [4.69, 9.17) is 11.6 Å². The molecule has 0 fully saturated rings. The first-order chi connectivity index (χ1) is 10.1. The number of fused-ring (bicyclic) bond motifs is 1. The highest BCUT2D eigenvalue weighted by Gasteiger charge is 2.23. The van der Waals surface area contributed by atoms with Gasteiger partial charge in [-0.3, -0.25) is 0 Å². The van der Waals surface area contributed by atoms with Crippen molar-refractivity contribution in [3.05, 3.63) is 56.7 Å². The van der Waals surface area contributed by atoms with Crippen molar-refractivity contribution in [1.82, 2.24) is 10.2 Å². The minimum absolute atomic E-state index is 0.0285. The summed E-state index contributed by atoms with van der Waals surface area (Å²) in [6, 6.07) is 9.59. The Morgan fingerprint density at radius 3 is 3.00 bits per heavy atom. The van der Waals surface area contributed by atoms with Gasteiger partial charge >= 0.3 is 6.03 Å². The summed E-state index contributed by atoms with van der Waals surface area (Å²) in [4.78, 5) is 15.7. The van der Waals surface area contributed by atoms with Crippen molar-refractivity contribution in [3.8, 4) is 0 Å². The van der Waals surface area contributed by atoms with Crippen LogP contribution in [0.15, 0.2) is 35.7 Å². The molecule has 1 aliphatic rings. The van der Waals surface area contributed by atoms with Gasteiger partial charge < -0.3 is 10.2 Å². The number of halogens is 1. The number of nitrogens with one attached hydrogen (secondary N) is 1. The van der Waals surface area contributed by atoms with Crippen LogP contribution in [0.2, 0.25) is 5.02 Å². The largest absolute Gasteiger partial charge is 0.331 e. The number of hydrogen-bond donors (Lipinski definition) is 1. The second-order valence-corrected chi connectivity index (χ2v) is 6.64. The molecule has 2 aromatic rings. The summed E-state index contributed by atoms with van der Waals surface area (Å²) in [5.41, 5.74) is 2.22. The van der Waals surface area contributed by atoms with Crippen LogP contribution in [0.3, 0.4) is 0 Å². The average Bonchev–Trinajstić information content (AvgIpc) is 2.94. The van der Waals surface area contributed by atoms with Crippen LogP contribution >= 0.6 is 22.9 Å². The number of urea groups is 1. The van der Waals surface area contributed by atoms with E-state index >= 15 is 0 Å². The first-order valence-corrected chi connectivity index (χ1v) is 8.26. The summed E-state index contributed by atoms with van der Waals surface area (Å²) in [5.74, 6) is 0. The van der Waals surface area contributed by atoms with Gasteiger partial charge in [-0.2, -0.15) is 0 Å². The SMILES string of the molecule is C[C@H](NC(=O)N1CCc2sccc2C1)c1ccccc1Cl. The van der Waals surface area contributed by atoms with E-state index in [0.717, 1.165) is 18.5 Å². The number of rotatable bonds is 2. The van der Waals surface area contributed by atoms with Crippen LogP contribution in [-0.4, -0.2) is 17.5 Å². The lowest BCUT2D eigenvalue weighted by atomic mass is 10.1. The molecule has 1 aliphatic heterocycles. The molecule has 0 saturated heterocycles. The second-order valence-electron chi connectivity index (χ2n) is 5.23. The number of benzene rings is 1. The average molecular weight is 321 g/mol. The molecule has 3 nitrogen and oxygen atoms in total. The molecule has 2 amide bonds. The molecule has 0 saturated carbocycles. The number of thiophene rings is 1. The Kier molecular flexibility index (Phi) is 4.17. The quantitative estimate of drug-likeness (QED) is 0.882. The van der Waals surface area contributed by atoms with Crippen LogP contribution in [-0.2, 0) is 13.0 Å². The van der Waals surface area contributed by atoms with Crippen molar-refractivity contribution in [2.75, 3.05) is 6.54 Å². The monoisotopic (exact) mass is 320 g/mol. The zero-order valence-corrected chi connectivity index (χ0v) is 13.4. The summed E-state index contributed by atoms with van der Waals surface area (Å²) < 4.78 is 0. The van der Waals surface area contributed by atoms with Crippen molar-refractivity contribution < 1.29 is 4.79 Å². The van der Waals surface area contributed by atoms with E-state index in [9.17, 15) is 4.79 Å². The maximum Gasteiger partial charge on any atom is 0.318 e. The van der Waals surface area contributed by atoms with E-state index in [2.05, 4.69) is 16.8 Å². The number of carbonyl (C=O) groups is 1. The Morgan fingerprint density at radius 2 is 2.19 bits per heavy atom. The predicted octanol–water partition coefficient (Wildman–Crippen LogP) is 4.23. The fourth-order valence-electron chi connectivity index (χ4n) is 2.60. The highest BCUT2D eigenvalue weighted by Crippen LogP contribution is 2.25. The van der Waals surface area contributed by atoms with Crippen molar-refractivity contribution in [2.24, 2.45) is 0 Å². The molecule has 0 spiro atoms. The summed E-state index contributed by atoms with van der Waals surface area (Å²) >= 11 is 7.95. The van der Waals surface area contributed by atoms with Gasteiger partial charge in [0.05, 0.1) is 6.04 Å². The van der Waals surface area contributed by atoms with Gasteiger partial charge in [-0.1, -0.05) is 29.8 Å². The summed E-state index contributed by atoms with van der Waals surface area (Å²) in [6.07, 6.45) is 0.945. The van der Waals surface area contributed by atoms with Crippen LogP contribution in [0.5, 0.6) is 0 Å². The lowest BCUT2D eigenvalue weighted by molar-refractivity contribution is 0.189. The van der Waals surface area contributed by atoms with Crippen LogP contribution in [0.4, 0.5) is 4.79 Å². The smallest absolute Gasteiger partial charge is 0.318 e. The van der Waals surface area contributed by atoms with Gasteiger partial charge in [-0.15, -0.1) is 11.3 Å². The molecule has 1 aromatic heterocycles. The standard InChI is InChI=1S/C16H17ClN2OS/c1-11(13-4-2-3-5-14(13)17)18-16(20)19-8-6-15-12(10-19)7-9-21-15/h2-5,7,9,11H,6,8,10H2,1H3,(H,18,20)/t11-/m0/s1. The maximum absolute atomic E-state index is 12.4. The third-order valence-corrected chi connectivity index (χ3v) is 5.17. The van der Waals surface area contributed by atoms with Gasteiger partial charge in [0, 0.05) is 23.0 Å². The Morgan fingerprint density at radius 1 is 1.38 bits per heavy atom. The lowest BCUT2D eigenvalue weighted by Gasteiger charge is -2.29. The Hall–Kier alpha value is -1.52. The van der Waals surface area contributed by atoms with E-state index in [1.54, 1.807) is 11.3 Å². The van der Waals surface area contributed by atoms with E-state index in [-0.39, 0.29) is 12.1 Å². The molecule has 2 heterocycles. The molecule has 0 radical (unpaired) electrons. The van der Waals surface area contributed by atoms with Gasteiger partial charge in [0.25, 0.3) is 0 Å². The van der Waals surface area contributed by atoms with Crippen LogP contribution < -0.4 is 5.32 Å². The fourth-order valence-corrected chi connectivity index (χ4v) is 3.79. The summed E-state index contributed by atoms with van der Waals surface area (Å²) in [7, 11) is 0. The van der Waals surface area contributed by atoms with E-state index in [1.165, 1.54) is 10.4 Å². The number of amides is 2. The Balaban J connectivity index is 1.66. The molecule has 0 bridgehead atoms. The van der Waals surface area contributed by atoms with Gasteiger partial charge in [0.15, 0.2) is 0 Å². The van der Waals surface area contributed by atoms with Gasteiger partial charge in [-0.25, -0.2) is 4.79 Å². The van der Waals surface area contributed by atoms with Crippen LogP contribution in [0, 0.1) is 0 Å². The normalized spacial score (nSPS) is 15.4. The molecule has 1 atom stereocenters. The topological polar surface area (TPSA) is 32.3 Å². The lowest BCUT2D eigenvalue weighted by Crippen LogP contribution is -2.43.